The molecule has 0 spiro atoms. The maximum absolute atomic E-state index is 13.0. The van der Waals surface area contributed by atoms with Gasteiger partial charge in [-0.3, -0.25) is 14.9 Å². The van der Waals surface area contributed by atoms with Crippen molar-refractivity contribution in [3.8, 4) is 0 Å². The van der Waals surface area contributed by atoms with E-state index in [1.165, 1.54) is 24.3 Å². The second-order valence-electron chi connectivity index (χ2n) is 5.89. The van der Waals surface area contributed by atoms with Gasteiger partial charge in [0.15, 0.2) is 0 Å². The molecule has 1 aliphatic rings. The normalized spacial score (nSPS) is 14.9. The van der Waals surface area contributed by atoms with Gasteiger partial charge in [-0.2, -0.15) is 0 Å². The average Bonchev–Trinajstić information content (AvgIpc) is 3.34. The number of nitro benzene ring substituents is 1. The number of nitrogens with one attached hydrogen (secondary N) is 1. The Morgan fingerprint density at radius 3 is 2.46 bits per heavy atom. The molecule has 0 radical (unpaired) electrons. The molecule has 124 valence electrons. The molecular weight excluding hydrogens is 335 g/mol. The molecule has 3 rings (SSSR count). The summed E-state index contributed by atoms with van der Waals surface area (Å²) >= 11 is 5.96. The van der Waals surface area contributed by atoms with Crippen molar-refractivity contribution in [1.82, 2.24) is 5.32 Å². The SMILES string of the molecule is O=C(NCC1(c2ccc(F)cc2)CC1)c1ccc([N+](=O)[O-])cc1Cl. The van der Waals surface area contributed by atoms with Gasteiger partial charge >= 0.3 is 0 Å². The van der Waals surface area contributed by atoms with Gasteiger partial charge in [0.05, 0.1) is 15.5 Å². The van der Waals surface area contributed by atoms with Crippen molar-refractivity contribution in [2.24, 2.45) is 0 Å². The number of nitro groups is 1. The third-order valence-corrected chi connectivity index (χ3v) is 4.62. The number of halogens is 2. The number of carbonyl (C=O) groups excluding carboxylic acids is 1. The van der Waals surface area contributed by atoms with Gasteiger partial charge in [0.25, 0.3) is 11.6 Å². The van der Waals surface area contributed by atoms with E-state index in [9.17, 15) is 19.3 Å². The van der Waals surface area contributed by atoms with E-state index in [1.54, 1.807) is 12.1 Å². The van der Waals surface area contributed by atoms with Crippen LogP contribution >= 0.6 is 11.6 Å². The molecule has 0 saturated heterocycles. The highest BCUT2D eigenvalue weighted by Gasteiger charge is 2.44. The minimum absolute atomic E-state index is 0.0355. The van der Waals surface area contributed by atoms with E-state index in [1.807, 2.05) is 0 Å². The molecular formula is C17H14ClFN2O3. The molecule has 5 nitrogen and oxygen atoms in total. The molecule has 0 bridgehead atoms. The summed E-state index contributed by atoms with van der Waals surface area (Å²) in [6.07, 6.45) is 1.82. The molecule has 0 heterocycles. The minimum atomic E-state index is -0.568. The maximum Gasteiger partial charge on any atom is 0.270 e. The van der Waals surface area contributed by atoms with Gasteiger partial charge in [0.1, 0.15) is 5.82 Å². The molecule has 7 heteroatoms. The first-order chi connectivity index (χ1) is 11.4. The molecule has 24 heavy (non-hydrogen) atoms. The van der Waals surface area contributed by atoms with Crippen molar-refractivity contribution in [3.05, 3.63) is 74.5 Å². The Bertz CT molecular complexity index is 804. The monoisotopic (exact) mass is 348 g/mol. The van der Waals surface area contributed by atoms with Crippen LogP contribution in [0.1, 0.15) is 28.8 Å². The van der Waals surface area contributed by atoms with Crippen molar-refractivity contribution in [2.45, 2.75) is 18.3 Å². The molecule has 0 unspecified atom stereocenters. The number of benzene rings is 2. The van der Waals surface area contributed by atoms with Crippen molar-refractivity contribution in [3.63, 3.8) is 0 Å². The van der Waals surface area contributed by atoms with Gasteiger partial charge in [-0.15, -0.1) is 0 Å². The minimum Gasteiger partial charge on any atom is -0.351 e. The van der Waals surface area contributed by atoms with E-state index in [0.29, 0.717) is 6.54 Å². The molecule has 0 aliphatic heterocycles. The highest BCUT2D eigenvalue weighted by atomic mass is 35.5. The fraction of sp³-hybridized carbons (Fsp3) is 0.235. The highest BCUT2D eigenvalue weighted by molar-refractivity contribution is 6.34. The summed E-state index contributed by atoms with van der Waals surface area (Å²) in [5, 5.41) is 13.6. The molecule has 1 aliphatic carbocycles. The highest BCUT2D eigenvalue weighted by Crippen LogP contribution is 2.47. The number of non-ortho nitro benzene ring substituents is 1. The van der Waals surface area contributed by atoms with Crippen molar-refractivity contribution in [1.29, 1.82) is 0 Å². The molecule has 2 aromatic rings. The van der Waals surface area contributed by atoms with Crippen LogP contribution in [0.25, 0.3) is 0 Å². The standard InChI is InChI=1S/C17H14ClFN2O3/c18-15-9-13(21(23)24)5-6-14(15)16(22)20-10-17(7-8-17)11-1-3-12(19)4-2-11/h1-6,9H,7-8,10H2,(H,20,22). The lowest BCUT2D eigenvalue weighted by atomic mass is 9.96. The number of carbonyl (C=O) groups is 1. The van der Waals surface area contributed by atoms with Gasteiger partial charge in [0.2, 0.25) is 0 Å². The zero-order valence-electron chi connectivity index (χ0n) is 12.6. The first kappa shape index (κ1) is 16.4. The summed E-state index contributed by atoms with van der Waals surface area (Å²) in [4.78, 5) is 22.4. The number of hydrogen-bond acceptors (Lipinski definition) is 3. The summed E-state index contributed by atoms with van der Waals surface area (Å²) in [5.41, 5.74) is 0.842. The van der Waals surface area contributed by atoms with Crippen LogP contribution in [0.4, 0.5) is 10.1 Å². The Hall–Kier alpha value is -2.47. The lowest BCUT2D eigenvalue weighted by Crippen LogP contribution is -2.32. The lowest BCUT2D eigenvalue weighted by molar-refractivity contribution is -0.384. The largest absolute Gasteiger partial charge is 0.351 e. The molecule has 1 N–H and O–H groups in total. The third kappa shape index (κ3) is 3.23. The van der Waals surface area contributed by atoms with Crippen molar-refractivity contribution < 1.29 is 14.1 Å². The maximum atomic E-state index is 13.0. The van der Waals surface area contributed by atoms with E-state index in [2.05, 4.69) is 5.32 Å². The van der Waals surface area contributed by atoms with Gasteiger partial charge in [-0.25, -0.2) is 4.39 Å². The van der Waals surface area contributed by atoms with Crippen molar-refractivity contribution in [2.75, 3.05) is 6.54 Å². The lowest BCUT2D eigenvalue weighted by Gasteiger charge is -2.17. The zero-order valence-corrected chi connectivity index (χ0v) is 13.3. The van der Waals surface area contributed by atoms with Crippen LogP contribution in [-0.4, -0.2) is 17.4 Å². The molecule has 1 amide bonds. The topological polar surface area (TPSA) is 72.2 Å². The van der Waals surface area contributed by atoms with Gasteiger partial charge in [-0.05, 0) is 36.6 Å². The van der Waals surface area contributed by atoms with Crippen LogP contribution in [0.5, 0.6) is 0 Å². The molecule has 1 fully saturated rings. The van der Waals surface area contributed by atoms with E-state index in [0.717, 1.165) is 24.5 Å². The first-order valence-electron chi connectivity index (χ1n) is 7.39. The van der Waals surface area contributed by atoms with Crippen LogP contribution in [-0.2, 0) is 5.41 Å². The quantitative estimate of drug-likeness (QED) is 0.659. The Kier molecular flexibility index (Phi) is 4.24. The van der Waals surface area contributed by atoms with Crippen LogP contribution in [0.15, 0.2) is 42.5 Å². The molecule has 0 aromatic heterocycles. The Labute approximate surface area is 142 Å². The fourth-order valence-corrected chi connectivity index (χ4v) is 2.93. The van der Waals surface area contributed by atoms with Gasteiger partial charge in [0, 0.05) is 24.1 Å². The summed E-state index contributed by atoms with van der Waals surface area (Å²) < 4.78 is 13.0. The van der Waals surface area contributed by atoms with E-state index < -0.39 is 4.92 Å². The number of amides is 1. The summed E-state index contributed by atoms with van der Waals surface area (Å²) in [6.45, 7) is 0.408. The van der Waals surface area contributed by atoms with Gasteiger partial charge in [-0.1, -0.05) is 23.7 Å². The third-order valence-electron chi connectivity index (χ3n) is 4.31. The fourth-order valence-electron chi connectivity index (χ4n) is 2.67. The predicted octanol–water partition coefficient (Wildman–Crippen LogP) is 3.85. The summed E-state index contributed by atoms with van der Waals surface area (Å²) in [5.74, 6) is -0.681. The second kappa shape index (κ2) is 6.20. The molecule has 2 aromatic carbocycles. The summed E-state index contributed by atoms with van der Waals surface area (Å²) in [7, 11) is 0. The van der Waals surface area contributed by atoms with Crippen LogP contribution < -0.4 is 5.32 Å². The Morgan fingerprint density at radius 1 is 1.25 bits per heavy atom. The second-order valence-corrected chi connectivity index (χ2v) is 6.30. The first-order valence-corrected chi connectivity index (χ1v) is 7.77. The van der Waals surface area contributed by atoms with E-state index in [4.69, 9.17) is 11.6 Å². The number of rotatable bonds is 5. The number of hydrogen-bond donors (Lipinski definition) is 1. The van der Waals surface area contributed by atoms with E-state index in [-0.39, 0.29) is 33.4 Å². The van der Waals surface area contributed by atoms with Crippen LogP contribution in [0.2, 0.25) is 5.02 Å². The average molecular weight is 349 g/mol. The molecule has 0 atom stereocenters. The van der Waals surface area contributed by atoms with E-state index >= 15 is 0 Å². The van der Waals surface area contributed by atoms with Crippen LogP contribution in [0, 0.1) is 15.9 Å². The molecule has 1 saturated carbocycles. The smallest absolute Gasteiger partial charge is 0.270 e. The summed E-state index contributed by atoms with van der Waals surface area (Å²) in [6, 6.07) is 10.0. The number of nitrogens with zero attached hydrogens (tertiary/aromatic N) is 1. The zero-order chi connectivity index (χ0) is 17.3. The van der Waals surface area contributed by atoms with Crippen molar-refractivity contribution >= 4 is 23.2 Å². The van der Waals surface area contributed by atoms with Gasteiger partial charge < -0.3 is 5.32 Å². The Balaban J connectivity index is 1.70. The predicted molar refractivity (Wildman–Crippen MR) is 87.8 cm³/mol. The Morgan fingerprint density at radius 2 is 1.92 bits per heavy atom. The van der Waals surface area contributed by atoms with Crippen LogP contribution in [0.3, 0.4) is 0 Å².